The van der Waals surface area contributed by atoms with Gasteiger partial charge in [0.25, 0.3) is 0 Å². The van der Waals surface area contributed by atoms with Gasteiger partial charge in [-0.2, -0.15) is 0 Å². The lowest BCUT2D eigenvalue weighted by molar-refractivity contribution is -0.128. The Morgan fingerprint density at radius 2 is 2.28 bits per heavy atom. The molecular formula is C13H16ClNO2S. The van der Waals surface area contributed by atoms with Crippen LogP contribution < -0.4 is 0 Å². The van der Waals surface area contributed by atoms with Gasteiger partial charge in [-0.1, -0.05) is 23.7 Å². The lowest BCUT2D eigenvalue weighted by Crippen LogP contribution is -2.34. The Labute approximate surface area is 116 Å². The van der Waals surface area contributed by atoms with E-state index in [2.05, 4.69) is 0 Å². The quantitative estimate of drug-likeness (QED) is 0.867. The second-order valence-corrected chi connectivity index (χ2v) is 6.21. The molecule has 98 valence electrons. The Hall–Kier alpha value is -0.710. The highest BCUT2D eigenvalue weighted by molar-refractivity contribution is 8.00. The van der Waals surface area contributed by atoms with Crippen LogP contribution in [0.25, 0.3) is 0 Å². The summed E-state index contributed by atoms with van der Waals surface area (Å²) in [5, 5.41) is 10.5. The first kappa shape index (κ1) is 13.7. The summed E-state index contributed by atoms with van der Waals surface area (Å²) in [5.41, 5.74) is -0.731. The van der Waals surface area contributed by atoms with Crippen LogP contribution in [-0.2, 0) is 4.79 Å². The molecule has 1 fully saturated rings. The summed E-state index contributed by atoms with van der Waals surface area (Å²) in [6.07, 6.45) is 0.648. The summed E-state index contributed by atoms with van der Waals surface area (Å²) in [6.45, 7) is 2.82. The van der Waals surface area contributed by atoms with Gasteiger partial charge < -0.3 is 10.0 Å². The van der Waals surface area contributed by atoms with Gasteiger partial charge in [0.15, 0.2) is 0 Å². The van der Waals surface area contributed by atoms with E-state index in [0.29, 0.717) is 30.3 Å². The van der Waals surface area contributed by atoms with Crippen LogP contribution in [-0.4, -0.2) is 40.4 Å². The number of halogens is 1. The van der Waals surface area contributed by atoms with Gasteiger partial charge in [-0.25, -0.2) is 0 Å². The third kappa shape index (κ3) is 3.40. The molecule has 1 N–H and O–H groups in total. The molecule has 1 aliphatic heterocycles. The number of carbonyl (C=O) groups excluding carboxylic acids is 1. The maximum atomic E-state index is 12.0. The highest BCUT2D eigenvalue weighted by atomic mass is 35.5. The molecule has 0 aromatic heterocycles. The molecule has 1 atom stereocenters. The average molecular weight is 286 g/mol. The summed E-state index contributed by atoms with van der Waals surface area (Å²) in [6, 6.07) is 7.49. The summed E-state index contributed by atoms with van der Waals surface area (Å²) in [7, 11) is 0. The van der Waals surface area contributed by atoms with Crippen molar-refractivity contribution in [1.29, 1.82) is 0 Å². The third-order valence-corrected chi connectivity index (χ3v) is 4.49. The van der Waals surface area contributed by atoms with Gasteiger partial charge in [0.05, 0.1) is 16.4 Å². The van der Waals surface area contributed by atoms with Crippen molar-refractivity contribution < 1.29 is 9.90 Å². The summed E-state index contributed by atoms with van der Waals surface area (Å²) >= 11 is 7.46. The first-order valence-electron chi connectivity index (χ1n) is 5.85. The van der Waals surface area contributed by atoms with E-state index >= 15 is 0 Å². The predicted molar refractivity (Wildman–Crippen MR) is 74.0 cm³/mol. The zero-order valence-corrected chi connectivity index (χ0v) is 11.8. The molecule has 3 nitrogen and oxygen atoms in total. The van der Waals surface area contributed by atoms with Gasteiger partial charge in [0.1, 0.15) is 0 Å². The molecule has 0 spiro atoms. The van der Waals surface area contributed by atoms with Crippen molar-refractivity contribution in [2.45, 2.75) is 23.8 Å². The van der Waals surface area contributed by atoms with Crippen molar-refractivity contribution in [3.8, 4) is 0 Å². The maximum absolute atomic E-state index is 12.0. The molecular weight excluding hydrogens is 270 g/mol. The van der Waals surface area contributed by atoms with Crippen LogP contribution in [0.5, 0.6) is 0 Å². The molecule has 1 saturated heterocycles. The van der Waals surface area contributed by atoms with Gasteiger partial charge in [-0.3, -0.25) is 4.79 Å². The third-order valence-electron chi connectivity index (χ3n) is 2.99. The first-order chi connectivity index (χ1) is 8.48. The minimum Gasteiger partial charge on any atom is -0.388 e. The molecule has 5 heteroatoms. The zero-order valence-electron chi connectivity index (χ0n) is 10.2. The number of β-amino-alcohol motifs (C(OH)–C–C–N with tert-alkyl or cyclic N) is 1. The molecule has 1 aliphatic rings. The van der Waals surface area contributed by atoms with Crippen molar-refractivity contribution >= 4 is 29.3 Å². The largest absolute Gasteiger partial charge is 0.388 e. The molecule has 0 aliphatic carbocycles. The standard InChI is InChI=1S/C13H16ClNO2S/c1-13(17)6-7-15(9-13)12(16)8-18-11-5-3-2-4-10(11)14/h2-5,17H,6-9H2,1H3. The van der Waals surface area contributed by atoms with Crippen LogP contribution in [0.4, 0.5) is 0 Å². The van der Waals surface area contributed by atoms with Crippen LogP contribution in [0, 0.1) is 0 Å². The molecule has 1 heterocycles. The fraction of sp³-hybridized carbons (Fsp3) is 0.462. The van der Waals surface area contributed by atoms with E-state index in [-0.39, 0.29) is 5.91 Å². The smallest absolute Gasteiger partial charge is 0.233 e. The van der Waals surface area contributed by atoms with Crippen LogP contribution in [0.3, 0.4) is 0 Å². The Morgan fingerprint density at radius 3 is 2.89 bits per heavy atom. The molecule has 0 radical (unpaired) electrons. The van der Waals surface area contributed by atoms with Gasteiger partial charge in [-0.15, -0.1) is 11.8 Å². The monoisotopic (exact) mass is 285 g/mol. The number of likely N-dealkylation sites (tertiary alicyclic amines) is 1. The molecule has 1 unspecified atom stereocenters. The highest BCUT2D eigenvalue weighted by Crippen LogP contribution is 2.28. The zero-order chi connectivity index (χ0) is 13.2. The number of benzene rings is 1. The van der Waals surface area contributed by atoms with Gasteiger partial charge in [0, 0.05) is 18.0 Å². The minimum absolute atomic E-state index is 0.0534. The van der Waals surface area contributed by atoms with Crippen molar-refractivity contribution in [2.75, 3.05) is 18.8 Å². The minimum atomic E-state index is -0.731. The van der Waals surface area contributed by atoms with Crippen LogP contribution >= 0.6 is 23.4 Å². The Bertz CT molecular complexity index is 450. The number of amides is 1. The molecule has 0 saturated carbocycles. The molecule has 0 bridgehead atoms. The van der Waals surface area contributed by atoms with Crippen molar-refractivity contribution in [2.24, 2.45) is 0 Å². The van der Waals surface area contributed by atoms with Crippen molar-refractivity contribution in [3.05, 3.63) is 29.3 Å². The van der Waals surface area contributed by atoms with E-state index in [0.717, 1.165) is 4.90 Å². The normalized spacial score (nSPS) is 23.4. The summed E-state index contributed by atoms with van der Waals surface area (Å²) in [4.78, 5) is 14.6. The van der Waals surface area contributed by atoms with Crippen molar-refractivity contribution in [1.82, 2.24) is 4.90 Å². The fourth-order valence-electron chi connectivity index (χ4n) is 1.95. The molecule has 1 aromatic carbocycles. The SMILES string of the molecule is CC1(O)CCN(C(=O)CSc2ccccc2Cl)C1. The summed E-state index contributed by atoms with van der Waals surface area (Å²) < 4.78 is 0. The first-order valence-corrected chi connectivity index (χ1v) is 7.22. The van der Waals surface area contributed by atoms with Gasteiger partial charge >= 0.3 is 0 Å². The number of thioether (sulfide) groups is 1. The van der Waals surface area contributed by atoms with Gasteiger partial charge in [-0.05, 0) is 25.5 Å². The summed E-state index contributed by atoms with van der Waals surface area (Å²) in [5.74, 6) is 0.414. The van der Waals surface area contributed by atoms with E-state index in [9.17, 15) is 9.90 Å². The van der Waals surface area contributed by atoms with Crippen LogP contribution in [0.1, 0.15) is 13.3 Å². The second kappa shape index (κ2) is 5.51. The molecule has 1 aromatic rings. The van der Waals surface area contributed by atoms with E-state index in [1.807, 2.05) is 24.3 Å². The molecule has 1 amide bonds. The molecule has 2 rings (SSSR count). The van der Waals surface area contributed by atoms with Gasteiger partial charge in [0.2, 0.25) is 5.91 Å². The van der Waals surface area contributed by atoms with Crippen molar-refractivity contribution in [3.63, 3.8) is 0 Å². The lowest BCUT2D eigenvalue weighted by atomic mass is 10.1. The maximum Gasteiger partial charge on any atom is 0.233 e. The topological polar surface area (TPSA) is 40.5 Å². The van der Waals surface area contributed by atoms with E-state index in [4.69, 9.17) is 11.6 Å². The molecule has 18 heavy (non-hydrogen) atoms. The van der Waals surface area contributed by atoms with E-state index in [1.54, 1.807) is 11.8 Å². The lowest BCUT2D eigenvalue weighted by Gasteiger charge is -2.18. The number of carbonyl (C=O) groups is 1. The Balaban J connectivity index is 1.88. The van der Waals surface area contributed by atoms with Crippen LogP contribution in [0.2, 0.25) is 5.02 Å². The number of aliphatic hydroxyl groups is 1. The predicted octanol–water partition coefficient (Wildman–Crippen LogP) is 2.42. The fourth-order valence-corrected chi connectivity index (χ4v) is 3.09. The highest BCUT2D eigenvalue weighted by Gasteiger charge is 2.33. The number of hydrogen-bond donors (Lipinski definition) is 1. The second-order valence-electron chi connectivity index (χ2n) is 4.78. The number of hydrogen-bond acceptors (Lipinski definition) is 3. The Kier molecular flexibility index (Phi) is 4.20. The number of nitrogens with zero attached hydrogens (tertiary/aromatic N) is 1. The van der Waals surface area contributed by atoms with E-state index < -0.39 is 5.60 Å². The Morgan fingerprint density at radius 1 is 1.56 bits per heavy atom. The van der Waals surface area contributed by atoms with E-state index in [1.165, 1.54) is 11.8 Å². The average Bonchev–Trinajstić information content (AvgIpc) is 2.68. The van der Waals surface area contributed by atoms with Crippen LogP contribution in [0.15, 0.2) is 29.2 Å². The number of rotatable bonds is 3.